The molecule has 1 aromatic rings. The van der Waals surface area contributed by atoms with Gasteiger partial charge in [-0.15, -0.1) is 0 Å². The molecule has 110 valence electrons. The van der Waals surface area contributed by atoms with Crippen molar-refractivity contribution in [2.24, 2.45) is 0 Å². The lowest BCUT2D eigenvalue weighted by atomic mass is 10.0. The zero-order valence-corrected chi connectivity index (χ0v) is 12.7. The lowest BCUT2D eigenvalue weighted by molar-refractivity contribution is -0.141. The van der Waals surface area contributed by atoms with Crippen molar-refractivity contribution >= 4 is 11.9 Å². The highest BCUT2D eigenvalue weighted by atomic mass is 16.5. The van der Waals surface area contributed by atoms with E-state index in [1.807, 2.05) is 19.1 Å². The van der Waals surface area contributed by atoms with Crippen molar-refractivity contribution in [3.05, 3.63) is 34.9 Å². The fourth-order valence-electron chi connectivity index (χ4n) is 1.91. The molecule has 1 rings (SSSR count). The van der Waals surface area contributed by atoms with Crippen molar-refractivity contribution in [1.82, 2.24) is 4.90 Å². The zero-order valence-electron chi connectivity index (χ0n) is 12.7. The van der Waals surface area contributed by atoms with Gasteiger partial charge in [0.05, 0.1) is 13.5 Å². The summed E-state index contributed by atoms with van der Waals surface area (Å²) < 4.78 is 4.57. The predicted octanol–water partition coefficient (Wildman–Crippen LogP) is 2.26. The first kappa shape index (κ1) is 16.2. The summed E-state index contributed by atoms with van der Waals surface area (Å²) in [5.74, 6) is -0.168. The molecule has 0 heterocycles. The Morgan fingerprint density at radius 1 is 1.20 bits per heavy atom. The molecule has 1 aromatic carbocycles. The van der Waals surface area contributed by atoms with Crippen LogP contribution in [0, 0.1) is 13.8 Å². The maximum absolute atomic E-state index is 12.1. The smallest absolute Gasteiger partial charge is 0.305 e. The standard InChI is InChI=1S/C16H23NO3/c1-12-7-8-14(10-13(12)2)11-15(18)17(3)9-5-6-16(19)20-4/h7-8,10H,5-6,9,11H2,1-4H3. The molecule has 0 radical (unpaired) electrons. The number of benzene rings is 1. The van der Waals surface area contributed by atoms with Gasteiger partial charge in [0.1, 0.15) is 0 Å². The molecule has 0 unspecified atom stereocenters. The van der Waals surface area contributed by atoms with E-state index >= 15 is 0 Å². The van der Waals surface area contributed by atoms with Gasteiger partial charge >= 0.3 is 5.97 Å². The monoisotopic (exact) mass is 277 g/mol. The molecule has 0 fully saturated rings. The number of amides is 1. The molecule has 20 heavy (non-hydrogen) atoms. The average molecular weight is 277 g/mol. The first-order valence-electron chi connectivity index (χ1n) is 6.81. The molecule has 0 bridgehead atoms. The van der Waals surface area contributed by atoms with Gasteiger partial charge in [-0.2, -0.15) is 0 Å². The first-order valence-corrected chi connectivity index (χ1v) is 6.81. The molecular weight excluding hydrogens is 254 g/mol. The quantitative estimate of drug-likeness (QED) is 0.749. The van der Waals surface area contributed by atoms with Gasteiger partial charge in [-0.25, -0.2) is 0 Å². The van der Waals surface area contributed by atoms with Gasteiger partial charge < -0.3 is 9.64 Å². The number of carbonyl (C=O) groups excluding carboxylic acids is 2. The van der Waals surface area contributed by atoms with Crippen LogP contribution in [0.15, 0.2) is 18.2 Å². The van der Waals surface area contributed by atoms with Crippen LogP contribution < -0.4 is 0 Å². The number of methoxy groups -OCH3 is 1. The van der Waals surface area contributed by atoms with Gasteiger partial charge in [0.15, 0.2) is 0 Å². The molecule has 0 N–H and O–H groups in total. The third-order valence-electron chi connectivity index (χ3n) is 3.45. The number of nitrogens with zero attached hydrogens (tertiary/aromatic N) is 1. The van der Waals surface area contributed by atoms with Crippen molar-refractivity contribution < 1.29 is 14.3 Å². The number of hydrogen-bond acceptors (Lipinski definition) is 3. The highest BCUT2D eigenvalue weighted by Gasteiger charge is 2.11. The fraction of sp³-hybridized carbons (Fsp3) is 0.500. The molecule has 0 aliphatic carbocycles. The first-order chi connectivity index (χ1) is 9.43. The number of aryl methyl sites for hydroxylation is 2. The van der Waals surface area contributed by atoms with E-state index in [9.17, 15) is 9.59 Å². The molecule has 0 spiro atoms. The highest BCUT2D eigenvalue weighted by Crippen LogP contribution is 2.11. The van der Waals surface area contributed by atoms with Crippen LogP contribution in [0.2, 0.25) is 0 Å². The Balaban J connectivity index is 2.45. The van der Waals surface area contributed by atoms with Crippen LogP contribution in [0.1, 0.15) is 29.5 Å². The molecule has 4 heteroatoms. The van der Waals surface area contributed by atoms with Crippen molar-refractivity contribution in [3.63, 3.8) is 0 Å². The number of hydrogen-bond donors (Lipinski definition) is 0. The van der Waals surface area contributed by atoms with Gasteiger partial charge in [0.25, 0.3) is 0 Å². The van der Waals surface area contributed by atoms with Crippen LogP contribution in [0.25, 0.3) is 0 Å². The molecule has 0 saturated heterocycles. The van der Waals surface area contributed by atoms with Gasteiger partial charge in [-0.1, -0.05) is 18.2 Å². The number of esters is 1. The second kappa shape index (κ2) is 7.68. The molecular formula is C16H23NO3. The van der Waals surface area contributed by atoms with E-state index in [0.29, 0.717) is 25.8 Å². The maximum atomic E-state index is 12.1. The fourth-order valence-corrected chi connectivity index (χ4v) is 1.91. The van der Waals surface area contributed by atoms with E-state index < -0.39 is 0 Å². The molecule has 0 atom stereocenters. The SMILES string of the molecule is COC(=O)CCCN(C)C(=O)Cc1ccc(C)c(C)c1. The van der Waals surface area contributed by atoms with Crippen LogP contribution in [0.4, 0.5) is 0 Å². The number of rotatable bonds is 6. The number of likely N-dealkylation sites (N-methyl/N-ethyl adjacent to an activating group) is 1. The highest BCUT2D eigenvalue weighted by molar-refractivity contribution is 5.78. The largest absolute Gasteiger partial charge is 0.469 e. The summed E-state index contributed by atoms with van der Waals surface area (Å²) in [7, 11) is 3.14. The minimum Gasteiger partial charge on any atom is -0.469 e. The van der Waals surface area contributed by atoms with E-state index in [-0.39, 0.29) is 11.9 Å². The van der Waals surface area contributed by atoms with Crippen molar-refractivity contribution in [1.29, 1.82) is 0 Å². The van der Waals surface area contributed by atoms with E-state index in [0.717, 1.165) is 5.56 Å². The van der Waals surface area contributed by atoms with Crippen LogP contribution >= 0.6 is 0 Å². The second-order valence-corrected chi connectivity index (χ2v) is 5.09. The van der Waals surface area contributed by atoms with E-state index in [1.54, 1.807) is 11.9 Å². The summed E-state index contributed by atoms with van der Waals surface area (Å²) in [5.41, 5.74) is 3.45. The van der Waals surface area contributed by atoms with E-state index in [4.69, 9.17) is 0 Å². The average Bonchev–Trinajstić information content (AvgIpc) is 2.42. The Morgan fingerprint density at radius 3 is 2.50 bits per heavy atom. The molecule has 1 amide bonds. The van der Waals surface area contributed by atoms with Crippen LogP contribution in [0.3, 0.4) is 0 Å². The van der Waals surface area contributed by atoms with Gasteiger partial charge in [0, 0.05) is 20.0 Å². The Kier molecular flexibility index (Phi) is 6.22. The molecule has 0 aliphatic heterocycles. The van der Waals surface area contributed by atoms with Gasteiger partial charge in [-0.3, -0.25) is 9.59 Å². The third kappa shape index (κ3) is 5.03. The minimum atomic E-state index is -0.236. The normalized spacial score (nSPS) is 10.2. The van der Waals surface area contributed by atoms with Gasteiger partial charge in [0.2, 0.25) is 5.91 Å². The number of carbonyl (C=O) groups is 2. The van der Waals surface area contributed by atoms with E-state index in [1.165, 1.54) is 18.2 Å². The predicted molar refractivity (Wildman–Crippen MR) is 78.5 cm³/mol. The zero-order chi connectivity index (χ0) is 15.1. The Bertz CT molecular complexity index is 483. The van der Waals surface area contributed by atoms with Crippen molar-refractivity contribution in [2.75, 3.05) is 20.7 Å². The van der Waals surface area contributed by atoms with Crippen LogP contribution in [-0.4, -0.2) is 37.5 Å². The van der Waals surface area contributed by atoms with E-state index in [2.05, 4.69) is 17.7 Å². The summed E-state index contributed by atoms with van der Waals surface area (Å²) in [5, 5.41) is 0. The minimum absolute atomic E-state index is 0.0677. The van der Waals surface area contributed by atoms with Crippen LogP contribution in [0.5, 0.6) is 0 Å². The summed E-state index contributed by atoms with van der Waals surface area (Å²) in [6.45, 7) is 4.67. The Hall–Kier alpha value is -1.84. The topological polar surface area (TPSA) is 46.6 Å². The molecule has 4 nitrogen and oxygen atoms in total. The molecule has 0 aliphatic rings. The summed E-state index contributed by atoms with van der Waals surface area (Å²) in [4.78, 5) is 24.7. The molecule has 0 aromatic heterocycles. The second-order valence-electron chi connectivity index (χ2n) is 5.09. The summed E-state index contributed by atoms with van der Waals surface area (Å²) in [6, 6.07) is 6.08. The summed E-state index contributed by atoms with van der Waals surface area (Å²) in [6.07, 6.45) is 1.37. The Morgan fingerprint density at radius 2 is 1.90 bits per heavy atom. The van der Waals surface area contributed by atoms with Crippen LogP contribution in [-0.2, 0) is 20.7 Å². The lowest BCUT2D eigenvalue weighted by Crippen LogP contribution is -2.29. The lowest BCUT2D eigenvalue weighted by Gasteiger charge is -2.17. The maximum Gasteiger partial charge on any atom is 0.305 e. The number of ether oxygens (including phenoxy) is 1. The Labute approximate surface area is 120 Å². The third-order valence-corrected chi connectivity index (χ3v) is 3.45. The molecule has 0 saturated carbocycles. The van der Waals surface area contributed by atoms with Crippen molar-refractivity contribution in [2.45, 2.75) is 33.1 Å². The van der Waals surface area contributed by atoms with Crippen molar-refractivity contribution in [3.8, 4) is 0 Å². The summed E-state index contributed by atoms with van der Waals surface area (Å²) >= 11 is 0. The van der Waals surface area contributed by atoms with Gasteiger partial charge in [-0.05, 0) is 37.0 Å².